The van der Waals surface area contributed by atoms with E-state index in [0.717, 1.165) is 60.9 Å². The van der Waals surface area contributed by atoms with Crippen molar-refractivity contribution in [2.45, 2.75) is 63.0 Å². The molecule has 1 saturated heterocycles. The van der Waals surface area contributed by atoms with Crippen LogP contribution in [-0.2, 0) is 4.74 Å². The van der Waals surface area contributed by atoms with Crippen molar-refractivity contribution < 1.29 is 13.9 Å². The predicted molar refractivity (Wildman–Crippen MR) is 167 cm³/mol. The molecule has 0 amide bonds. The summed E-state index contributed by atoms with van der Waals surface area (Å²) in [6.07, 6.45) is 4.92. The Morgan fingerprint density at radius 3 is 2.58 bits per heavy atom. The summed E-state index contributed by atoms with van der Waals surface area (Å²) in [7, 11) is 1.37. The molecular weight excluding hydrogens is 622 g/mol. The molecule has 2 aromatic heterocycles. The monoisotopic (exact) mass is 660 g/mol. The Kier molecular flexibility index (Phi) is 10.2. The number of benzene rings is 1. The van der Waals surface area contributed by atoms with Gasteiger partial charge in [0.2, 0.25) is 5.95 Å². The van der Waals surface area contributed by atoms with Crippen molar-refractivity contribution in [3.05, 3.63) is 59.5 Å². The lowest BCUT2D eigenvalue weighted by atomic mass is 10.1. The Hall–Kier alpha value is -3.02. The van der Waals surface area contributed by atoms with E-state index in [4.69, 9.17) is 14.7 Å². The SMILES string of the molecule is COC(=O)c1cnc(N2CCN(c3cc(-c4ccc(F)cc4)nc(NC(C)CCC[C@@H](C)I)n3)[C@H](C)C2)c(C)c1. The first-order valence-electron chi connectivity index (χ1n) is 13.8. The Morgan fingerprint density at radius 1 is 1.18 bits per heavy atom. The molecule has 214 valence electrons. The molecule has 3 atom stereocenters. The van der Waals surface area contributed by atoms with Gasteiger partial charge in [0.15, 0.2) is 0 Å². The van der Waals surface area contributed by atoms with E-state index >= 15 is 0 Å². The summed E-state index contributed by atoms with van der Waals surface area (Å²) in [6, 6.07) is 10.6. The summed E-state index contributed by atoms with van der Waals surface area (Å²) in [5.74, 6) is 1.62. The molecule has 4 rings (SSSR count). The van der Waals surface area contributed by atoms with Gasteiger partial charge in [-0.3, -0.25) is 0 Å². The molecule has 1 aliphatic rings. The van der Waals surface area contributed by atoms with Crippen LogP contribution in [0.15, 0.2) is 42.6 Å². The van der Waals surface area contributed by atoms with E-state index < -0.39 is 0 Å². The quantitative estimate of drug-likeness (QED) is 0.155. The molecule has 1 unspecified atom stereocenters. The molecule has 40 heavy (non-hydrogen) atoms. The van der Waals surface area contributed by atoms with Gasteiger partial charge in [0, 0.05) is 53.5 Å². The first kappa shape index (κ1) is 30.0. The number of halogens is 2. The minimum Gasteiger partial charge on any atom is -0.465 e. The number of anilines is 3. The van der Waals surface area contributed by atoms with Gasteiger partial charge in [0.1, 0.15) is 17.5 Å². The van der Waals surface area contributed by atoms with Gasteiger partial charge in [-0.15, -0.1) is 0 Å². The van der Waals surface area contributed by atoms with Crippen molar-refractivity contribution in [2.75, 3.05) is 41.9 Å². The first-order valence-corrected chi connectivity index (χ1v) is 15.0. The summed E-state index contributed by atoms with van der Waals surface area (Å²) >= 11 is 2.47. The molecule has 3 heterocycles. The molecule has 3 aromatic rings. The second-order valence-corrected chi connectivity index (χ2v) is 12.7. The highest BCUT2D eigenvalue weighted by Crippen LogP contribution is 2.29. The zero-order valence-electron chi connectivity index (χ0n) is 23.8. The zero-order chi connectivity index (χ0) is 28.8. The van der Waals surface area contributed by atoms with Crippen molar-refractivity contribution in [3.8, 4) is 11.3 Å². The van der Waals surface area contributed by atoms with Crippen molar-refractivity contribution >= 4 is 46.1 Å². The van der Waals surface area contributed by atoms with Crippen molar-refractivity contribution in [3.63, 3.8) is 0 Å². The number of ether oxygens (including phenoxy) is 1. The van der Waals surface area contributed by atoms with E-state index in [1.165, 1.54) is 25.7 Å². The first-order chi connectivity index (χ1) is 19.1. The van der Waals surface area contributed by atoms with E-state index in [2.05, 4.69) is 63.5 Å². The van der Waals surface area contributed by atoms with Gasteiger partial charge < -0.3 is 19.9 Å². The Balaban J connectivity index is 1.55. The van der Waals surface area contributed by atoms with Crippen molar-refractivity contribution in [2.24, 2.45) is 0 Å². The number of aryl methyl sites for hydroxylation is 1. The number of esters is 1. The number of methoxy groups -OCH3 is 1. The molecule has 1 fully saturated rings. The number of nitrogens with zero attached hydrogens (tertiary/aromatic N) is 5. The number of nitrogens with one attached hydrogen (secondary N) is 1. The summed E-state index contributed by atoms with van der Waals surface area (Å²) < 4.78 is 19.1. The van der Waals surface area contributed by atoms with Gasteiger partial charge in [-0.25, -0.2) is 19.2 Å². The fourth-order valence-corrected chi connectivity index (χ4v) is 5.47. The highest BCUT2D eigenvalue weighted by atomic mass is 127. The molecule has 0 radical (unpaired) electrons. The van der Waals surface area contributed by atoms with Crippen LogP contribution in [-0.4, -0.2) is 63.7 Å². The third kappa shape index (κ3) is 7.58. The Morgan fingerprint density at radius 2 is 1.93 bits per heavy atom. The predicted octanol–water partition coefficient (Wildman–Crippen LogP) is 6.28. The summed E-state index contributed by atoms with van der Waals surface area (Å²) in [5.41, 5.74) is 2.98. The topological polar surface area (TPSA) is 83.5 Å². The molecule has 0 spiro atoms. The van der Waals surface area contributed by atoms with Crippen LogP contribution in [0.1, 0.15) is 56.0 Å². The summed E-state index contributed by atoms with van der Waals surface area (Å²) in [6.45, 7) is 10.8. The maximum Gasteiger partial charge on any atom is 0.339 e. The number of rotatable bonds is 10. The Bertz CT molecular complexity index is 1310. The average Bonchev–Trinajstić information content (AvgIpc) is 2.92. The number of hydrogen-bond donors (Lipinski definition) is 1. The second kappa shape index (κ2) is 13.6. The third-order valence-corrected chi connectivity index (χ3v) is 7.78. The average molecular weight is 661 g/mol. The normalized spacial score (nSPS) is 16.9. The minimum atomic E-state index is -0.389. The van der Waals surface area contributed by atoms with Crippen molar-refractivity contribution in [1.29, 1.82) is 0 Å². The third-order valence-electron chi connectivity index (χ3n) is 7.16. The zero-order valence-corrected chi connectivity index (χ0v) is 26.0. The number of alkyl halides is 1. The minimum absolute atomic E-state index is 0.140. The van der Waals surface area contributed by atoms with Crippen LogP contribution in [0.2, 0.25) is 0 Å². The fraction of sp³-hybridized carbons (Fsp3) is 0.467. The second-order valence-electron chi connectivity index (χ2n) is 10.5. The molecule has 0 saturated carbocycles. The van der Waals surface area contributed by atoms with Crippen LogP contribution < -0.4 is 15.1 Å². The van der Waals surface area contributed by atoms with Gasteiger partial charge >= 0.3 is 5.97 Å². The Labute approximate surface area is 249 Å². The molecule has 1 aliphatic heterocycles. The molecule has 1 N–H and O–H groups in total. The van der Waals surface area contributed by atoms with Crippen LogP contribution >= 0.6 is 22.6 Å². The lowest BCUT2D eigenvalue weighted by molar-refractivity contribution is 0.0600. The van der Waals surface area contributed by atoms with Crippen molar-refractivity contribution in [1.82, 2.24) is 15.0 Å². The van der Waals surface area contributed by atoms with E-state index in [1.54, 1.807) is 18.3 Å². The molecule has 8 nitrogen and oxygen atoms in total. The van der Waals surface area contributed by atoms with Gasteiger partial charge in [0.25, 0.3) is 0 Å². The van der Waals surface area contributed by atoms with Crippen LogP contribution in [0, 0.1) is 12.7 Å². The molecule has 10 heteroatoms. The van der Waals surface area contributed by atoms with E-state index in [1.807, 2.05) is 19.1 Å². The smallest absolute Gasteiger partial charge is 0.339 e. The van der Waals surface area contributed by atoms with Crippen LogP contribution in [0.5, 0.6) is 0 Å². The molecule has 0 bridgehead atoms. The van der Waals surface area contributed by atoms with Gasteiger partial charge in [-0.2, -0.15) is 4.98 Å². The number of carbonyl (C=O) groups excluding carboxylic acids is 1. The molecular formula is C30H38FIN6O2. The van der Waals surface area contributed by atoms with Gasteiger partial charge in [-0.05, 0) is 69.5 Å². The summed E-state index contributed by atoms with van der Waals surface area (Å²) in [5, 5.41) is 3.51. The highest BCUT2D eigenvalue weighted by molar-refractivity contribution is 14.1. The molecule has 1 aromatic carbocycles. The highest BCUT2D eigenvalue weighted by Gasteiger charge is 2.28. The van der Waals surface area contributed by atoms with Crippen LogP contribution in [0.3, 0.4) is 0 Å². The lowest BCUT2D eigenvalue weighted by Crippen LogP contribution is -2.53. The number of piperazine rings is 1. The standard InChI is InChI=1S/C30H38FIN6O2/c1-19-15-24(29(39)40-5)17-33-28(19)37-13-14-38(22(4)18-37)27-16-26(23-9-11-25(31)12-10-23)35-30(36-27)34-21(3)8-6-7-20(2)32/h9-12,15-17,20-22H,6-8,13-14,18H2,1-5H3,(H,34,35,36)/t20-,21?,22-/m1/s1. The number of aromatic nitrogens is 3. The fourth-order valence-electron chi connectivity index (χ4n) is 5.03. The number of hydrogen-bond acceptors (Lipinski definition) is 8. The largest absolute Gasteiger partial charge is 0.465 e. The van der Waals surface area contributed by atoms with Gasteiger partial charge in [-0.1, -0.05) is 35.9 Å². The lowest BCUT2D eigenvalue weighted by Gasteiger charge is -2.41. The van der Waals surface area contributed by atoms with E-state index in [9.17, 15) is 9.18 Å². The number of carbonyl (C=O) groups is 1. The molecule has 0 aliphatic carbocycles. The maximum atomic E-state index is 13.6. The van der Waals surface area contributed by atoms with E-state index in [0.29, 0.717) is 15.4 Å². The van der Waals surface area contributed by atoms with E-state index in [-0.39, 0.29) is 23.9 Å². The van der Waals surface area contributed by atoms with Crippen LogP contribution in [0.4, 0.5) is 22.0 Å². The number of pyridine rings is 1. The van der Waals surface area contributed by atoms with Gasteiger partial charge in [0.05, 0.1) is 18.4 Å². The maximum absolute atomic E-state index is 13.6. The van der Waals surface area contributed by atoms with Crippen LogP contribution in [0.25, 0.3) is 11.3 Å². The summed E-state index contributed by atoms with van der Waals surface area (Å²) in [4.78, 5) is 30.8.